The third-order valence-electron chi connectivity index (χ3n) is 4.04. The molecule has 0 heterocycles. The maximum atomic E-state index is 13.6. The summed E-state index contributed by atoms with van der Waals surface area (Å²) < 4.78 is 19.4. The van der Waals surface area contributed by atoms with E-state index in [0.717, 1.165) is 11.5 Å². The predicted molar refractivity (Wildman–Crippen MR) is 83.4 cm³/mol. The molecular formula is C15H19Br2FO. The van der Waals surface area contributed by atoms with Gasteiger partial charge in [-0.3, -0.25) is 0 Å². The van der Waals surface area contributed by atoms with E-state index >= 15 is 0 Å². The first-order valence-corrected chi connectivity index (χ1v) is 8.40. The zero-order valence-corrected chi connectivity index (χ0v) is 14.4. The maximum Gasteiger partial charge on any atom is 0.141 e. The van der Waals surface area contributed by atoms with Crippen LogP contribution in [0, 0.1) is 17.7 Å². The van der Waals surface area contributed by atoms with Crippen LogP contribution in [0.1, 0.15) is 43.0 Å². The molecule has 0 N–H and O–H groups in total. The normalized spacial score (nSPS) is 25.1. The van der Waals surface area contributed by atoms with Crippen molar-refractivity contribution in [2.24, 2.45) is 11.8 Å². The van der Waals surface area contributed by atoms with E-state index in [9.17, 15) is 4.39 Å². The highest BCUT2D eigenvalue weighted by atomic mass is 79.9. The number of benzene rings is 1. The minimum absolute atomic E-state index is 0.229. The molecular weight excluding hydrogens is 375 g/mol. The Morgan fingerprint density at radius 3 is 2.47 bits per heavy atom. The zero-order chi connectivity index (χ0) is 14.0. The summed E-state index contributed by atoms with van der Waals surface area (Å²) in [5.41, 5.74) is 1.04. The monoisotopic (exact) mass is 392 g/mol. The fourth-order valence-corrected chi connectivity index (χ4v) is 4.02. The summed E-state index contributed by atoms with van der Waals surface area (Å²) in [4.78, 5) is 0.229. The lowest BCUT2D eigenvalue weighted by Gasteiger charge is -2.30. The van der Waals surface area contributed by atoms with Crippen LogP contribution in [0.4, 0.5) is 4.39 Å². The van der Waals surface area contributed by atoms with Crippen LogP contribution in [0.3, 0.4) is 0 Å². The van der Waals surface area contributed by atoms with Crippen molar-refractivity contribution < 1.29 is 9.13 Å². The lowest BCUT2D eigenvalue weighted by Crippen LogP contribution is -2.16. The standard InChI is InChI=1S/C15H19Br2FO/c1-9-3-5-10(6-4-9)15(17)11-7-12(16)13(18)8-14(11)19-2/h7-10,15H,3-6H2,1-2H3. The number of rotatable bonds is 3. The summed E-state index contributed by atoms with van der Waals surface area (Å²) in [5, 5.41) is 0. The van der Waals surface area contributed by atoms with Gasteiger partial charge in [-0.2, -0.15) is 0 Å². The van der Waals surface area contributed by atoms with Crippen LogP contribution >= 0.6 is 31.9 Å². The average Bonchev–Trinajstić information content (AvgIpc) is 2.41. The molecule has 0 saturated heterocycles. The first kappa shape index (κ1) is 15.3. The molecule has 4 heteroatoms. The van der Waals surface area contributed by atoms with Gasteiger partial charge in [-0.05, 0) is 46.7 Å². The highest BCUT2D eigenvalue weighted by molar-refractivity contribution is 9.10. The van der Waals surface area contributed by atoms with E-state index in [2.05, 4.69) is 38.8 Å². The molecule has 106 valence electrons. The zero-order valence-electron chi connectivity index (χ0n) is 11.3. The van der Waals surface area contributed by atoms with E-state index in [1.807, 2.05) is 6.07 Å². The van der Waals surface area contributed by atoms with Crippen molar-refractivity contribution in [2.75, 3.05) is 7.11 Å². The first-order valence-electron chi connectivity index (χ1n) is 6.70. The van der Waals surface area contributed by atoms with Crippen molar-refractivity contribution in [3.8, 4) is 5.75 Å². The maximum absolute atomic E-state index is 13.6. The number of halogens is 3. The van der Waals surface area contributed by atoms with Gasteiger partial charge in [0.2, 0.25) is 0 Å². The number of ether oxygens (including phenoxy) is 1. The lowest BCUT2D eigenvalue weighted by molar-refractivity contribution is 0.285. The van der Waals surface area contributed by atoms with Gasteiger partial charge in [-0.1, -0.05) is 35.7 Å². The largest absolute Gasteiger partial charge is 0.496 e. The predicted octanol–water partition coefficient (Wildman–Crippen LogP) is 5.86. The number of hydrogen-bond acceptors (Lipinski definition) is 1. The Bertz CT molecular complexity index is 442. The molecule has 1 aromatic carbocycles. The third-order valence-corrected chi connectivity index (χ3v) is 5.89. The van der Waals surface area contributed by atoms with Gasteiger partial charge in [0.15, 0.2) is 0 Å². The number of alkyl halides is 1. The van der Waals surface area contributed by atoms with E-state index in [4.69, 9.17) is 4.74 Å². The molecule has 1 atom stereocenters. The van der Waals surface area contributed by atoms with Crippen molar-refractivity contribution in [3.05, 3.63) is 28.0 Å². The lowest BCUT2D eigenvalue weighted by atomic mass is 9.80. The van der Waals surface area contributed by atoms with E-state index in [0.29, 0.717) is 16.1 Å². The van der Waals surface area contributed by atoms with Crippen LogP contribution in [0.2, 0.25) is 0 Å². The summed E-state index contributed by atoms with van der Waals surface area (Å²) in [6.07, 6.45) is 4.99. The van der Waals surface area contributed by atoms with Crippen LogP contribution in [-0.4, -0.2) is 7.11 Å². The van der Waals surface area contributed by atoms with Crippen LogP contribution in [0.5, 0.6) is 5.75 Å². The Hall–Kier alpha value is -0.0900. The smallest absolute Gasteiger partial charge is 0.141 e. The molecule has 0 spiro atoms. The second kappa shape index (κ2) is 6.57. The van der Waals surface area contributed by atoms with Crippen molar-refractivity contribution in [1.82, 2.24) is 0 Å². The summed E-state index contributed by atoms with van der Waals surface area (Å²) in [7, 11) is 1.59. The molecule has 0 radical (unpaired) electrons. The molecule has 1 unspecified atom stereocenters. The number of methoxy groups -OCH3 is 1. The summed E-state index contributed by atoms with van der Waals surface area (Å²) >= 11 is 7.05. The summed E-state index contributed by atoms with van der Waals surface area (Å²) in [5.74, 6) is 1.78. The van der Waals surface area contributed by atoms with E-state index in [1.165, 1.54) is 31.7 Å². The first-order chi connectivity index (χ1) is 9.02. The fraction of sp³-hybridized carbons (Fsp3) is 0.600. The SMILES string of the molecule is COc1cc(F)c(Br)cc1C(Br)C1CCC(C)CC1. The Kier molecular flexibility index (Phi) is 5.29. The minimum Gasteiger partial charge on any atom is -0.496 e. The van der Waals surface area contributed by atoms with Gasteiger partial charge in [-0.15, -0.1) is 0 Å². The van der Waals surface area contributed by atoms with Gasteiger partial charge < -0.3 is 4.74 Å². The molecule has 0 bridgehead atoms. The summed E-state index contributed by atoms with van der Waals surface area (Å²) in [6.45, 7) is 2.31. The van der Waals surface area contributed by atoms with Crippen molar-refractivity contribution >= 4 is 31.9 Å². The Labute approximate surface area is 131 Å². The van der Waals surface area contributed by atoms with Crippen LogP contribution < -0.4 is 4.74 Å². The van der Waals surface area contributed by atoms with Gasteiger partial charge in [0.1, 0.15) is 11.6 Å². The van der Waals surface area contributed by atoms with Gasteiger partial charge >= 0.3 is 0 Å². The molecule has 1 nitrogen and oxygen atoms in total. The molecule has 1 aromatic rings. The quantitative estimate of drug-likeness (QED) is 0.584. The van der Waals surface area contributed by atoms with Gasteiger partial charge in [-0.25, -0.2) is 4.39 Å². The highest BCUT2D eigenvalue weighted by Crippen LogP contribution is 2.45. The van der Waals surface area contributed by atoms with Crippen molar-refractivity contribution in [2.45, 2.75) is 37.4 Å². The average molecular weight is 394 g/mol. The molecule has 0 aromatic heterocycles. The van der Waals surface area contributed by atoms with Gasteiger partial charge in [0.05, 0.1) is 11.6 Å². The second-order valence-electron chi connectivity index (χ2n) is 5.43. The molecule has 19 heavy (non-hydrogen) atoms. The van der Waals surface area contributed by atoms with Gasteiger partial charge in [0.25, 0.3) is 0 Å². The van der Waals surface area contributed by atoms with Gasteiger partial charge in [0, 0.05) is 16.5 Å². The molecule has 1 aliphatic rings. The number of hydrogen-bond donors (Lipinski definition) is 0. The molecule has 0 aliphatic heterocycles. The molecule has 2 rings (SSSR count). The van der Waals surface area contributed by atoms with Crippen LogP contribution in [0.15, 0.2) is 16.6 Å². The van der Waals surface area contributed by atoms with Crippen molar-refractivity contribution in [3.63, 3.8) is 0 Å². The summed E-state index contributed by atoms with van der Waals surface area (Å²) in [6, 6.07) is 3.30. The Balaban J connectivity index is 2.22. The highest BCUT2D eigenvalue weighted by Gasteiger charge is 2.28. The van der Waals surface area contributed by atoms with E-state index in [-0.39, 0.29) is 10.6 Å². The van der Waals surface area contributed by atoms with Crippen LogP contribution in [-0.2, 0) is 0 Å². The molecule has 1 saturated carbocycles. The van der Waals surface area contributed by atoms with Crippen LogP contribution in [0.25, 0.3) is 0 Å². The van der Waals surface area contributed by atoms with Crippen molar-refractivity contribution in [1.29, 1.82) is 0 Å². The topological polar surface area (TPSA) is 9.23 Å². The second-order valence-corrected chi connectivity index (χ2v) is 7.27. The molecule has 1 aliphatic carbocycles. The Morgan fingerprint density at radius 2 is 1.89 bits per heavy atom. The van der Waals surface area contributed by atoms with E-state index in [1.54, 1.807) is 7.11 Å². The third kappa shape index (κ3) is 3.52. The Morgan fingerprint density at radius 1 is 1.26 bits per heavy atom. The molecule has 1 fully saturated rings. The van der Waals surface area contributed by atoms with E-state index < -0.39 is 0 Å². The fourth-order valence-electron chi connectivity index (χ4n) is 2.77. The minimum atomic E-state index is -0.280. The molecule has 0 amide bonds.